The van der Waals surface area contributed by atoms with Crippen LogP contribution in [-0.2, 0) is 0 Å². The lowest BCUT2D eigenvalue weighted by atomic mass is 9.99. The van der Waals surface area contributed by atoms with Crippen molar-refractivity contribution in [2.75, 3.05) is 21.3 Å². The van der Waals surface area contributed by atoms with Crippen LogP contribution in [0.4, 0.5) is 0 Å². The van der Waals surface area contributed by atoms with Crippen LogP contribution in [0.3, 0.4) is 0 Å². The smallest absolute Gasteiger partial charge is 0.343 e. The van der Waals surface area contributed by atoms with Crippen LogP contribution in [0.1, 0.15) is 37.5 Å². The molecule has 0 bridgehead atoms. The van der Waals surface area contributed by atoms with E-state index in [1.54, 1.807) is 24.3 Å². The molecule has 0 aliphatic carbocycles. The number of carbonyl (C=O) groups excluding carboxylic acids is 2. The fourth-order valence-corrected chi connectivity index (χ4v) is 5.66. The van der Waals surface area contributed by atoms with Gasteiger partial charge in [-0.2, -0.15) is 5.10 Å². The summed E-state index contributed by atoms with van der Waals surface area (Å²) >= 11 is 10.0. The average Bonchev–Trinajstić information content (AvgIpc) is 3.41. The molecule has 1 heterocycles. The predicted molar refractivity (Wildman–Crippen MR) is 178 cm³/mol. The first-order chi connectivity index (χ1) is 21.6. The number of hydrogen-bond acceptors (Lipinski definition) is 7. The van der Waals surface area contributed by atoms with Crippen LogP contribution < -0.4 is 24.4 Å². The molecule has 1 aromatic heterocycles. The molecule has 5 rings (SSSR count). The van der Waals surface area contributed by atoms with Crippen LogP contribution in [0, 0.1) is 13.8 Å². The van der Waals surface area contributed by atoms with Gasteiger partial charge in [-0.25, -0.2) is 10.2 Å². The maximum absolute atomic E-state index is 13.6. The predicted octanol–water partition coefficient (Wildman–Crippen LogP) is 7.88. The van der Waals surface area contributed by atoms with Crippen molar-refractivity contribution in [3.8, 4) is 34.1 Å². The second-order valence-corrected chi connectivity index (χ2v) is 11.4. The number of fused-ring (bicyclic) bond motifs is 1. The number of aryl methyl sites for hydroxylation is 2. The summed E-state index contributed by atoms with van der Waals surface area (Å²) in [6.07, 6.45) is 1.40. The van der Waals surface area contributed by atoms with Crippen molar-refractivity contribution in [3.63, 3.8) is 0 Å². The highest BCUT2D eigenvalue weighted by molar-refractivity contribution is 9.10. The molecule has 2 N–H and O–H groups in total. The Bertz CT molecular complexity index is 1940. The normalized spacial score (nSPS) is 11.1. The molecule has 0 spiro atoms. The molecule has 0 radical (unpaired) electrons. The Balaban J connectivity index is 1.44. The van der Waals surface area contributed by atoms with E-state index in [1.807, 2.05) is 44.2 Å². The number of ether oxygens (including phenoxy) is 4. The lowest BCUT2D eigenvalue weighted by molar-refractivity contribution is 0.0733. The molecule has 0 aliphatic rings. The van der Waals surface area contributed by atoms with Crippen LogP contribution in [0.5, 0.6) is 23.0 Å². The van der Waals surface area contributed by atoms with Gasteiger partial charge in [-0.05, 0) is 61.9 Å². The van der Waals surface area contributed by atoms with Gasteiger partial charge in [-0.1, -0.05) is 57.4 Å². The Kier molecular flexibility index (Phi) is 9.45. The zero-order chi connectivity index (χ0) is 32.2. The van der Waals surface area contributed by atoms with Gasteiger partial charge in [0.1, 0.15) is 11.4 Å². The van der Waals surface area contributed by atoms with Crippen molar-refractivity contribution >= 4 is 56.5 Å². The second-order valence-electron chi connectivity index (χ2n) is 10.0. The fourth-order valence-electron chi connectivity index (χ4n) is 5.05. The van der Waals surface area contributed by atoms with E-state index in [1.165, 1.54) is 39.7 Å². The summed E-state index contributed by atoms with van der Waals surface area (Å²) in [6, 6.07) is 19.5. The minimum atomic E-state index is -0.664. The number of nitrogens with one attached hydrogen (secondary N) is 2. The molecule has 45 heavy (non-hydrogen) atoms. The minimum absolute atomic E-state index is 0.181. The van der Waals surface area contributed by atoms with E-state index in [0.717, 1.165) is 27.6 Å². The molecule has 0 aliphatic heterocycles. The first-order valence-corrected chi connectivity index (χ1v) is 14.8. The number of carbonyl (C=O) groups is 2. The third-order valence-corrected chi connectivity index (χ3v) is 7.89. The minimum Gasteiger partial charge on any atom is -0.493 e. The second kappa shape index (κ2) is 13.5. The number of aromatic nitrogens is 1. The number of aromatic amines is 1. The van der Waals surface area contributed by atoms with Crippen LogP contribution in [-0.4, -0.2) is 44.4 Å². The van der Waals surface area contributed by atoms with E-state index in [9.17, 15) is 9.59 Å². The van der Waals surface area contributed by atoms with Gasteiger partial charge >= 0.3 is 5.97 Å². The molecule has 11 heteroatoms. The largest absolute Gasteiger partial charge is 0.493 e. The Morgan fingerprint density at radius 1 is 0.911 bits per heavy atom. The highest BCUT2D eigenvalue weighted by Gasteiger charge is 2.22. The number of methoxy groups -OCH3 is 3. The summed E-state index contributed by atoms with van der Waals surface area (Å²) in [5.41, 5.74) is 7.80. The van der Waals surface area contributed by atoms with E-state index in [2.05, 4.69) is 31.4 Å². The average molecular weight is 691 g/mol. The van der Waals surface area contributed by atoms with Crippen LogP contribution in [0.2, 0.25) is 5.02 Å². The van der Waals surface area contributed by atoms with Crippen molar-refractivity contribution in [2.45, 2.75) is 13.8 Å². The van der Waals surface area contributed by atoms with Gasteiger partial charge in [0.25, 0.3) is 5.91 Å². The van der Waals surface area contributed by atoms with E-state index in [4.69, 9.17) is 30.5 Å². The van der Waals surface area contributed by atoms with Crippen LogP contribution in [0.15, 0.2) is 76.3 Å². The summed E-state index contributed by atoms with van der Waals surface area (Å²) < 4.78 is 22.5. The first kappa shape index (κ1) is 31.6. The number of halogens is 2. The van der Waals surface area contributed by atoms with Crippen LogP contribution in [0.25, 0.3) is 22.0 Å². The lowest BCUT2D eigenvalue weighted by Gasteiger charge is -2.14. The number of amides is 1. The first-order valence-electron chi connectivity index (χ1n) is 13.7. The van der Waals surface area contributed by atoms with Gasteiger partial charge in [0.2, 0.25) is 5.75 Å². The molecular weight excluding hydrogens is 662 g/mol. The Hall–Kier alpha value is -4.80. The number of hydrogen-bond donors (Lipinski definition) is 2. The maximum Gasteiger partial charge on any atom is 0.343 e. The number of nitrogens with zero attached hydrogens (tertiary/aromatic N) is 1. The van der Waals surface area contributed by atoms with Crippen molar-refractivity contribution in [1.82, 2.24) is 10.4 Å². The lowest BCUT2D eigenvalue weighted by Crippen LogP contribution is -2.19. The number of rotatable bonds is 9. The van der Waals surface area contributed by atoms with Crippen molar-refractivity contribution in [1.29, 1.82) is 0 Å². The van der Waals surface area contributed by atoms with E-state index in [0.29, 0.717) is 43.6 Å². The van der Waals surface area contributed by atoms with Gasteiger partial charge < -0.3 is 23.9 Å². The Morgan fingerprint density at radius 2 is 1.62 bits per heavy atom. The third-order valence-electron chi connectivity index (χ3n) is 7.06. The van der Waals surface area contributed by atoms with E-state index >= 15 is 0 Å². The fraction of sp³-hybridized carbons (Fsp3) is 0.147. The summed E-state index contributed by atoms with van der Waals surface area (Å²) in [6.45, 7) is 3.99. The van der Waals surface area contributed by atoms with Crippen LogP contribution >= 0.6 is 27.5 Å². The Morgan fingerprint density at radius 3 is 2.29 bits per heavy atom. The molecule has 9 nitrogen and oxygen atoms in total. The molecule has 0 fully saturated rings. The third kappa shape index (κ3) is 6.52. The molecule has 0 atom stereocenters. The van der Waals surface area contributed by atoms with Gasteiger partial charge in [0, 0.05) is 37.1 Å². The summed E-state index contributed by atoms with van der Waals surface area (Å²) in [5, 5.41) is 5.59. The number of H-pyrrole nitrogens is 1. The molecule has 1 amide bonds. The summed E-state index contributed by atoms with van der Waals surface area (Å²) in [4.78, 5) is 30.0. The number of benzene rings is 4. The molecule has 0 saturated heterocycles. The van der Waals surface area contributed by atoms with Gasteiger partial charge in [0.15, 0.2) is 11.5 Å². The number of hydrazone groups is 1. The van der Waals surface area contributed by atoms with Crippen molar-refractivity contribution in [3.05, 3.63) is 104 Å². The molecule has 4 aromatic carbocycles. The van der Waals surface area contributed by atoms with Gasteiger partial charge in [-0.15, -0.1) is 0 Å². The van der Waals surface area contributed by atoms with E-state index < -0.39 is 11.9 Å². The SMILES string of the molecule is COc1cc(C(=O)Oc2ccc(Br)cc2C=NNC(=O)c2[nH]c3c(C)cc(C)cc3c2-c2ccccc2Cl)cc(OC)c1OC. The van der Waals surface area contributed by atoms with E-state index in [-0.39, 0.29) is 11.3 Å². The topological polar surface area (TPSA) is 111 Å². The summed E-state index contributed by atoms with van der Waals surface area (Å²) in [7, 11) is 4.39. The highest BCUT2D eigenvalue weighted by atomic mass is 79.9. The van der Waals surface area contributed by atoms with Crippen molar-refractivity contribution in [2.24, 2.45) is 5.10 Å². The highest BCUT2D eigenvalue weighted by Crippen LogP contribution is 2.39. The quantitative estimate of drug-likeness (QED) is 0.0705. The van der Waals surface area contributed by atoms with Crippen molar-refractivity contribution < 1.29 is 28.5 Å². The molecule has 5 aromatic rings. The van der Waals surface area contributed by atoms with Gasteiger partial charge in [-0.3, -0.25) is 4.79 Å². The molecule has 0 unspecified atom stereocenters. The monoisotopic (exact) mass is 689 g/mol. The molecule has 230 valence electrons. The zero-order valence-corrected chi connectivity index (χ0v) is 27.4. The Labute approximate surface area is 273 Å². The molecule has 0 saturated carbocycles. The maximum atomic E-state index is 13.6. The molecular formula is C34H29BrClN3O6. The number of esters is 1. The standard InChI is InChI=1S/C34H29BrClN3O6/c1-18-12-19(2)30-24(13-18)29(23-8-6-7-9-25(23)36)31(38-30)33(40)39-37-17-21-14-22(35)10-11-26(21)45-34(41)20-15-27(42-3)32(44-5)28(16-20)43-4/h6-17,38H,1-5H3,(H,39,40). The van der Waals surface area contributed by atoms with Gasteiger partial charge in [0.05, 0.1) is 33.1 Å². The zero-order valence-electron chi connectivity index (χ0n) is 25.1. The summed E-state index contributed by atoms with van der Waals surface area (Å²) in [5.74, 6) is 0.0408.